The van der Waals surface area contributed by atoms with E-state index in [-0.39, 0.29) is 17.7 Å². The van der Waals surface area contributed by atoms with Gasteiger partial charge in [0.15, 0.2) is 0 Å². The summed E-state index contributed by atoms with van der Waals surface area (Å²) >= 11 is 1.60. The minimum absolute atomic E-state index is 0.0627. The van der Waals surface area contributed by atoms with E-state index in [0.29, 0.717) is 5.92 Å². The maximum absolute atomic E-state index is 12.5. The Balaban J connectivity index is 1.56. The number of fused-ring (bicyclic) bond motifs is 1. The normalized spacial score (nSPS) is 21.2. The molecule has 1 aromatic rings. The summed E-state index contributed by atoms with van der Waals surface area (Å²) in [4.78, 5) is 28.3. The number of amides is 2. The SMILES string of the molecule is CN(C)C(=O)c1cc2c(s1)CCC(C(=O)NCC1CCCCC1)C2. The third-order valence-electron chi connectivity index (χ3n) is 5.36. The number of thiophene rings is 1. The molecule has 1 fully saturated rings. The third kappa shape index (κ3) is 4.00. The van der Waals surface area contributed by atoms with Crippen LogP contribution in [0.25, 0.3) is 0 Å². The number of carbonyl (C=O) groups is 2. The van der Waals surface area contributed by atoms with Crippen LogP contribution in [0.15, 0.2) is 6.07 Å². The fourth-order valence-electron chi connectivity index (χ4n) is 3.85. The van der Waals surface area contributed by atoms with Gasteiger partial charge in [0.25, 0.3) is 5.91 Å². The van der Waals surface area contributed by atoms with Crippen molar-refractivity contribution in [2.75, 3.05) is 20.6 Å². The fraction of sp³-hybridized carbons (Fsp3) is 0.684. The van der Waals surface area contributed by atoms with Gasteiger partial charge in [-0.3, -0.25) is 9.59 Å². The summed E-state index contributed by atoms with van der Waals surface area (Å²) in [7, 11) is 3.56. The first-order valence-corrected chi connectivity index (χ1v) is 9.97. The van der Waals surface area contributed by atoms with E-state index in [4.69, 9.17) is 0 Å². The summed E-state index contributed by atoms with van der Waals surface area (Å²) in [6.45, 7) is 0.843. The van der Waals surface area contributed by atoms with Gasteiger partial charge in [-0.05, 0) is 49.7 Å². The van der Waals surface area contributed by atoms with Gasteiger partial charge in [-0.15, -0.1) is 11.3 Å². The molecule has 0 saturated heterocycles. The van der Waals surface area contributed by atoms with Gasteiger partial charge in [0.1, 0.15) is 0 Å². The molecule has 1 heterocycles. The Morgan fingerprint density at radius 3 is 2.67 bits per heavy atom. The summed E-state index contributed by atoms with van der Waals surface area (Å²) in [6, 6.07) is 2.00. The van der Waals surface area contributed by atoms with Gasteiger partial charge < -0.3 is 10.2 Å². The van der Waals surface area contributed by atoms with Crippen molar-refractivity contribution in [3.8, 4) is 0 Å². The Morgan fingerprint density at radius 1 is 1.21 bits per heavy atom. The van der Waals surface area contributed by atoms with Crippen molar-refractivity contribution in [3.05, 3.63) is 21.4 Å². The number of nitrogens with one attached hydrogen (secondary N) is 1. The van der Waals surface area contributed by atoms with E-state index in [9.17, 15) is 9.59 Å². The lowest BCUT2D eigenvalue weighted by Gasteiger charge is -2.25. The van der Waals surface area contributed by atoms with Crippen molar-refractivity contribution in [1.29, 1.82) is 0 Å². The van der Waals surface area contributed by atoms with Gasteiger partial charge in [-0.1, -0.05) is 19.3 Å². The van der Waals surface area contributed by atoms with Crippen LogP contribution < -0.4 is 5.32 Å². The quantitative estimate of drug-likeness (QED) is 0.908. The predicted molar refractivity (Wildman–Crippen MR) is 97.4 cm³/mol. The maximum atomic E-state index is 12.5. The van der Waals surface area contributed by atoms with Gasteiger partial charge in [0, 0.05) is 31.4 Å². The van der Waals surface area contributed by atoms with Crippen molar-refractivity contribution < 1.29 is 9.59 Å². The second kappa shape index (κ2) is 7.68. The van der Waals surface area contributed by atoms with Crippen LogP contribution in [0.5, 0.6) is 0 Å². The van der Waals surface area contributed by atoms with Crippen molar-refractivity contribution in [2.24, 2.45) is 11.8 Å². The summed E-state index contributed by atoms with van der Waals surface area (Å²) in [5.41, 5.74) is 1.20. The van der Waals surface area contributed by atoms with Gasteiger partial charge >= 0.3 is 0 Å². The third-order valence-corrected chi connectivity index (χ3v) is 6.59. The first-order chi connectivity index (χ1) is 11.5. The molecule has 1 unspecified atom stereocenters. The average molecular weight is 349 g/mol. The summed E-state index contributed by atoms with van der Waals surface area (Å²) in [5.74, 6) is 1.01. The summed E-state index contributed by atoms with van der Waals surface area (Å²) < 4.78 is 0. The zero-order chi connectivity index (χ0) is 17.1. The molecule has 1 N–H and O–H groups in total. The van der Waals surface area contributed by atoms with Gasteiger partial charge in [0.05, 0.1) is 4.88 Å². The topological polar surface area (TPSA) is 49.4 Å². The first kappa shape index (κ1) is 17.5. The lowest BCUT2D eigenvalue weighted by Crippen LogP contribution is -2.37. The molecule has 0 radical (unpaired) electrons. The molecule has 0 aliphatic heterocycles. The Bertz CT molecular complexity index is 603. The van der Waals surface area contributed by atoms with Crippen LogP contribution in [0.2, 0.25) is 0 Å². The van der Waals surface area contributed by atoms with E-state index < -0.39 is 0 Å². The van der Waals surface area contributed by atoms with Crippen LogP contribution in [0.1, 0.15) is 58.6 Å². The minimum atomic E-state index is 0.0627. The largest absolute Gasteiger partial charge is 0.356 e. The number of hydrogen-bond acceptors (Lipinski definition) is 3. The smallest absolute Gasteiger partial charge is 0.263 e. The Kier molecular flexibility index (Phi) is 5.59. The van der Waals surface area contributed by atoms with E-state index in [1.54, 1.807) is 30.3 Å². The van der Waals surface area contributed by atoms with Gasteiger partial charge in [0.2, 0.25) is 5.91 Å². The van der Waals surface area contributed by atoms with Crippen LogP contribution in [0.4, 0.5) is 0 Å². The summed E-state index contributed by atoms with van der Waals surface area (Å²) in [5, 5.41) is 3.19. The second-order valence-electron chi connectivity index (χ2n) is 7.45. The number of carbonyl (C=O) groups excluding carboxylic acids is 2. The highest BCUT2D eigenvalue weighted by Crippen LogP contribution is 2.33. The average Bonchev–Trinajstić information content (AvgIpc) is 3.02. The molecule has 3 rings (SSSR count). The molecule has 4 nitrogen and oxygen atoms in total. The van der Waals surface area contributed by atoms with Crippen molar-refractivity contribution in [2.45, 2.75) is 51.4 Å². The minimum Gasteiger partial charge on any atom is -0.356 e. The predicted octanol–water partition coefficient (Wildman–Crippen LogP) is 3.25. The molecule has 5 heteroatoms. The van der Waals surface area contributed by atoms with Crippen molar-refractivity contribution in [1.82, 2.24) is 10.2 Å². The van der Waals surface area contributed by atoms with Crippen LogP contribution >= 0.6 is 11.3 Å². The second-order valence-corrected chi connectivity index (χ2v) is 8.58. The molecule has 2 amide bonds. The molecule has 24 heavy (non-hydrogen) atoms. The van der Waals surface area contributed by atoms with Gasteiger partial charge in [-0.25, -0.2) is 0 Å². The number of aryl methyl sites for hydroxylation is 1. The molecular weight excluding hydrogens is 320 g/mol. The highest BCUT2D eigenvalue weighted by molar-refractivity contribution is 7.14. The zero-order valence-electron chi connectivity index (χ0n) is 14.8. The number of hydrogen-bond donors (Lipinski definition) is 1. The molecule has 1 atom stereocenters. The fourth-order valence-corrected chi connectivity index (χ4v) is 5.08. The van der Waals surface area contributed by atoms with Crippen LogP contribution in [0, 0.1) is 11.8 Å². The molecule has 1 saturated carbocycles. The van der Waals surface area contributed by atoms with Crippen LogP contribution in [0.3, 0.4) is 0 Å². The van der Waals surface area contributed by atoms with E-state index in [1.807, 2.05) is 6.07 Å². The van der Waals surface area contributed by atoms with E-state index in [1.165, 1.54) is 42.5 Å². The number of nitrogens with zero attached hydrogens (tertiary/aromatic N) is 1. The molecular formula is C19H28N2O2S. The Hall–Kier alpha value is -1.36. The molecule has 0 bridgehead atoms. The molecule has 0 aromatic carbocycles. The van der Waals surface area contributed by atoms with Crippen LogP contribution in [-0.4, -0.2) is 37.4 Å². The van der Waals surface area contributed by atoms with Crippen molar-refractivity contribution >= 4 is 23.2 Å². The Labute approximate surface area is 148 Å². The highest BCUT2D eigenvalue weighted by atomic mass is 32.1. The monoisotopic (exact) mass is 348 g/mol. The zero-order valence-corrected chi connectivity index (χ0v) is 15.6. The highest BCUT2D eigenvalue weighted by Gasteiger charge is 2.28. The van der Waals surface area contributed by atoms with Gasteiger partial charge in [-0.2, -0.15) is 0 Å². The van der Waals surface area contributed by atoms with Crippen LogP contribution in [-0.2, 0) is 17.6 Å². The van der Waals surface area contributed by atoms with E-state index in [0.717, 1.165) is 30.7 Å². The summed E-state index contributed by atoms with van der Waals surface area (Å²) in [6.07, 6.45) is 9.09. The standard InChI is InChI=1S/C19H28N2O2S/c1-21(2)19(23)17-11-15-10-14(8-9-16(15)24-17)18(22)20-12-13-6-4-3-5-7-13/h11,13-14H,3-10,12H2,1-2H3,(H,20,22). The Morgan fingerprint density at radius 2 is 1.96 bits per heavy atom. The first-order valence-electron chi connectivity index (χ1n) is 9.15. The van der Waals surface area contributed by atoms with E-state index >= 15 is 0 Å². The molecule has 2 aliphatic carbocycles. The lowest BCUT2D eigenvalue weighted by molar-refractivity contribution is -0.125. The van der Waals surface area contributed by atoms with Crippen molar-refractivity contribution in [3.63, 3.8) is 0 Å². The number of rotatable bonds is 4. The molecule has 2 aliphatic rings. The lowest BCUT2D eigenvalue weighted by atomic mass is 9.86. The molecule has 1 aromatic heterocycles. The maximum Gasteiger partial charge on any atom is 0.263 e. The molecule has 132 valence electrons. The molecule has 0 spiro atoms. The van der Waals surface area contributed by atoms with E-state index in [2.05, 4.69) is 5.32 Å².